The smallest absolute Gasteiger partial charge is 0.320 e. The molecule has 112 valence electrons. The molecular weight excluding hydrogens is 280 g/mol. The van der Waals surface area contributed by atoms with Crippen LogP contribution < -0.4 is 0 Å². The van der Waals surface area contributed by atoms with Crippen molar-refractivity contribution in [2.75, 3.05) is 12.5 Å². The number of fused-ring (bicyclic) bond motifs is 3. The zero-order valence-electron chi connectivity index (χ0n) is 12.0. The lowest BCUT2D eigenvalue weighted by Crippen LogP contribution is -2.36. The van der Waals surface area contributed by atoms with Gasteiger partial charge in [-0.15, -0.1) is 11.6 Å². The van der Waals surface area contributed by atoms with E-state index in [1.165, 1.54) is 0 Å². The first-order chi connectivity index (χ1) is 9.36. The summed E-state index contributed by atoms with van der Waals surface area (Å²) in [5.41, 5.74) is -0.594. The molecule has 5 heteroatoms. The summed E-state index contributed by atoms with van der Waals surface area (Å²) in [6.07, 6.45) is 3.75. The van der Waals surface area contributed by atoms with Crippen LogP contribution in [0, 0.1) is 23.2 Å². The number of halogens is 1. The first kappa shape index (κ1) is 14.2. The van der Waals surface area contributed by atoms with E-state index in [4.69, 9.17) is 21.1 Å². The van der Waals surface area contributed by atoms with Gasteiger partial charge < -0.3 is 9.47 Å². The Hall–Kier alpha value is -0.770. The van der Waals surface area contributed by atoms with E-state index in [1.807, 2.05) is 13.8 Å². The van der Waals surface area contributed by atoms with Crippen molar-refractivity contribution in [1.82, 2.24) is 0 Å². The van der Waals surface area contributed by atoms with Gasteiger partial charge in [-0.25, -0.2) is 0 Å². The summed E-state index contributed by atoms with van der Waals surface area (Å²) in [5.74, 6) is 0.794. The van der Waals surface area contributed by atoms with Crippen molar-refractivity contribution >= 4 is 23.5 Å². The maximum absolute atomic E-state index is 12.3. The quantitative estimate of drug-likeness (QED) is 0.594. The summed E-state index contributed by atoms with van der Waals surface area (Å²) in [5, 5.41) is 0. The summed E-state index contributed by atoms with van der Waals surface area (Å²) in [6, 6.07) is 0. The molecule has 0 N–H and O–H groups in total. The van der Waals surface area contributed by atoms with Crippen molar-refractivity contribution in [1.29, 1.82) is 0 Å². The van der Waals surface area contributed by atoms with Crippen molar-refractivity contribution in [3.05, 3.63) is 0 Å². The molecule has 1 saturated heterocycles. The summed E-state index contributed by atoms with van der Waals surface area (Å²) in [6.45, 7) is 4.43. The molecule has 1 aliphatic heterocycles. The second-order valence-corrected chi connectivity index (χ2v) is 7.46. The zero-order valence-corrected chi connectivity index (χ0v) is 12.7. The molecule has 4 unspecified atom stereocenters. The number of carbonyl (C=O) groups excluding carboxylic acids is 2. The Labute approximate surface area is 124 Å². The number of ether oxygens (including phenoxy) is 2. The zero-order chi connectivity index (χ0) is 14.5. The van der Waals surface area contributed by atoms with Gasteiger partial charge in [-0.2, -0.15) is 0 Å². The Morgan fingerprint density at radius 2 is 2.20 bits per heavy atom. The molecule has 0 aromatic heterocycles. The van der Waals surface area contributed by atoms with Gasteiger partial charge in [0.15, 0.2) is 0 Å². The highest BCUT2D eigenvalue weighted by Gasteiger charge is 2.64. The predicted molar refractivity (Wildman–Crippen MR) is 73.2 cm³/mol. The lowest BCUT2D eigenvalue weighted by Gasteiger charge is -2.33. The molecule has 4 nitrogen and oxygen atoms in total. The molecule has 3 aliphatic rings. The lowest BCUT2D eigenvalue weighted by atomic mass is 9.67. The van der Waals surface area contributed by atoms with Gasteiger partial charge in [-0.1, -0.05) is 0 Å². The van der Waals surface area contributed by atoms with Crippen LogP contribution in [0.3, 0.4) is 0 Å². The van der Waals surface area contributed by atoms with Crippen LogP contribution >= 0.6 is 11.6 Å². The second kappa shape index (κ2) is 4.62. The van der Waals surface area contributed by atoms with Crippen molar-refractivity contribution in [2.45, 2.75) is 45.1 Å². The summed E-state index contributed by atoms with van der Waals surface area (Å²) >= 11 is 5.43. The minimum absolute atomic E-state index is 0.00815. The van der Waals surface area contributed by atoms with E-state index in [9.17, 15) is 9.59 Å². The average molecular weight is 301 g/mol. The third kappa shape index (κ3) is 2.12. The van der Waals surface area contributed by atoms with Gasteiger partial charge in [0.25, 0.3) is 0 Å². The molecule has 0 aromatic rings. The number of alkyl halides is 1. The SMILES string of the molecule is CC1(C)CC2(CC3CC2CC3COC(=O)CCl)C(=O)O1. The molecule has 1 heterocycles. The van der Waals surface area contributed by atoms with Crippen LogP contribution in [0.2, 0.25) is 0 Å². The summed E-state index contributed by atoms with van der Waals surface area (Å²) < 4.78 is 10.7. The summed E-state index contributed by atoms with van der Waals surface area (Å²) in [7, 11) is 0. The topological polar surface area (TPSA) is 52.6 Å². The molecule has 0 radical (unpaired) electrons. The van der Waals surface area contributed by atoms with Crippen LogP contribution in [0.25, 0.3) is 0 Å². The monoisotopic (exact) mass is 300 g/mol. The maximum atomic E-state index is 12.3. The molecule has 3 fully saturated rings. The van der Waals surface area contributed by atoms with E-state index in [-0.39, 0.29) is 28.8 Å². The van der Waals surface area contributed by atoms with Gasteiger partial charge in [0.05, 0.1) is 12.0 Å². The number of hydrogen-bond acceptors (Lipinski definition) is 4. The standard InChI is InChI=1S/C15H21ClO4/c1-14(2)8-15(13(18)20-14)5-9-3-11(15)4-10(9)7-19-12(17)6-16/h9-11H,3-8H2,1-2H3. The highest BCUT2D eigenvalue weighted by atomic mass is 35.5. The number of hydrogen-bond donors (Lipinski definition) is 0. The fraction of sp³-hybridized carbons (Fsp3) is 0.867. The first-order valence-corrected chi connectivity index (χ1v) is 7.85. The van der Waals surface area contributed by atoms with Crippen molar-refractivity contribution in [2.24, 2.45) is 23.2 Å². The molecular formula is C15H21ClO4. The molecule has 2 aliphatic carbocycles. The third-order valence-electron chi connectivity index (χ3n) is 5.33. The van der Waals surface area contributed by atoms with Gasteiger partial charge in [0, 0.05) is 6.42 Å². The second-order valence-electron chi connectivity index (χ2n) is 7.19. The van der Waals surface area contributed by atoms with Crippen molar-refractivity contribution < 1.29 is 19.1 Å². The maximum Gasteiger partial charge on any atom is 0.320 e. The van der Waals surface area contributed by atoms with E-state index in [2.05, 4.69) is 0 Å². The Balaban J connectivity index is 1.65. The van der Waals surface area contributed by atoms with Gasteiger partial charge in [-0.05, 0) is 50.9 Å². The third-order valence-corrected chi connectivity index (χ3v) is 5.55. The van der Waals surface area contributed by atoms with Crippen LogP contribution in [0.15, 0.2) is 0 Å². The van der Waals surface area contributed by atoms with E-state index < -0.39 is 0 Å². The largest absolute Gasteiger partial charge is 0.464 e. The van der Waals surface area contributed by atoms with Gasteiger partial charge in [0.2, 0.25) is 0 Å². The molecule has 0 amide bonds. The average Bonchev–Trinajstić information content (AvgIpc) is 2.98. The molecule has 1 spiro atoms. The lowest BCUT2D eigenvalue weighted by molar-refractivity contribution is -0.155. The van der Waals surface area contributed by atoms with E-state index >= 15 is 0 Å². The van der Waals surface area contributed by atoms with E-state index in [1.54, 1.807) is 0 Å². The molecule has 20 heavy (non-hydrogen) atoms. The number of rotatable bonds is 3. The molecule has 3 rings (SSSR count). The van der Waals surface area contributed by atoms with E-state index in [0.29, 0.717) is 24.4 Å². The number of esters is 2. The molecule has 4 atom stereocenters. The van der Waals surface area contributed by atoms with Crippen molar-refractivity contribution in [3.63, 3.8) is 0 Å². The van der Waals surface area contributed by atoms with Gasteiger partial charge in [0.1, 0.15) is 11.5 Å². The highest BCUT2D eigenvalue weighted by molar-refractivity contribution is 6.26. The predicted octanol–water partition coefficient (Wildman–Crippen LogP) is 2.53. The fourth-order valence-corrected chi connectivity index (χ4v) is 4.75. The van der Waals surface area contributed by atoms with Crippen LogP contribution in [-0.2, 0) is 19.1 Å². The molecule has 2 bridgehead atoms. The Morgan fingerprint density at radius 3 is 2.70 bits per heavy atom. The number of cyclic esters (lactones) is 1. The normalized spacial score (nSPS) is 41.1. The molecule has 2 saturated carbocycles. The summed E-state index contributed by atoms with van der Waals surface area (Å²) in [4.78, 5) is 23.4. The van der Waals surface area contributed by atoms with Crippen LogP contribution in [0.5, 0.6) is 0 Å². The van der Waals surface area contributed by atoms with Gasteiger partial charge >= 0.3 is 11.9 Å². The van der Waals surface area contributed by atoms with Crippen molar-refractivity contribution in [3.8, 4) is 0 Å². The Bertz CT molecular complexity index is 447. The van der Waals surface area contributed by atoms with Gasteiger partial charge in [-0.3, -0.25) is 9.59 Å². The Morgan fingerprint density at radius 1 is 1.45 bits per heavy atom. The molecule has 0 aromatic carbocycles. The minimum atomic E-state index is -0.356. The highest BCUT2D eigenvalue weighted by Crippen LogP contribution is 2.64. The Kier molecular flexibility index (Phi) is 3.27. The number of carbonyl (C=O) groups is 2. The fourth-order valence-electron chi connectivity index (χ4n) is 4.68. The van der Waals surface area contributed by atoms with Crippen LogP contribution in [0.4, 0.5) is 0 Å². The van der Waals surface area contributed by atoms with E-state index in [0.717, 1.165) is 25.7 Å². The first-order valence-electron chi connectivity index (χ1n) is 7.31. The van der Waals surface area contributed by atoms with Crippen LogP contribution in [0.1, 0.15) is 39.5 Å². The minimum Gasteiger partial charge on any atom is -0.464 e. The van der Waals surface area contributed by atoms with Crippen LogP contribution in [-0.4, -0.2) is 30.0 Å².